The number of methoxy groups -OCH3 is 2. The molecule has 1 rings (SSSR count). The zero-order valence-electron chi connectivity index (χ0n) is 18.9. The highest BCUT2D eigenvalue weighted by atomic mass is 16.5. The topological polar surface area (TPSA) is 113 Å². The Labute approximate surface area is 179 Å². The number of guanidine groups is 1. The molecule has 0 aliphatic rings. The molecule has 0 radical (unpaired) electrons. The van der Waals surface area contributed by atoms with Gasteiger partial charge in [0.15, 0.2) is 17.5 Å². The van der Waals surface area contributed by atoms with Crippen LogP contribution in [0.2, 0.25) is 0 Å². The molecule has 0 saturated carbocycles. The Bertz CT molecular complexity index is 721. The number of hydrogen-bond acceptors (Lipinski definition) is 5. The van der Waals surface area contributed by atoms with E-state index in [4.69, 9.17) is 14.9 Å². The van der Waals surface area contributed by atoms with E-state index in [0.29, 0.717) is 36.3 Å². The summed E-state index contributed by atoms with van der Waals surface area (Å²) in [5, 5.41) is 16.4. The van der Waals surface area contributed by atoms with Crippen LogP contribution in [0.4, 0.5) is 0 Å². The van der Waals surface area contributed by atoms with Crippen molar-refractivity contribution in [2.75, 3.05) is 20.8 Å². The predicted molar refractivity (Wildman–Crippen MR) is 118 cm³/mol. The van der Waals surface area contributed by atoms with Gasteiger partial charge in [-0.25, -0.2) is 0 Å². The molecule has 1 aromatic carbocycles. The van der Waals surface area contributed by atoms with Crippen molar-refractivity contribution >= 4 is 17.8 Å². The second-order valence-corrected chi connectivity index (χ2v) is 7.87. The second-order valence-electron chi connectivity index (χ2n) is 7.87. The van der Waals surface area contributed by atoms with E-state index in [1.54, 1.807) is 25.3 Å². The highest BCUT2D eigenvalue weighted by Crippen LogP contribution is 2.27. The maximum atomic E-state index is 12.5. The van der Waals surface area contributed by atoms with Crippen LogP contribution in [0.1, 0.15) is 46.1 Å². The minimum atomic E-state index is -0.576. The van der Waals surface area contributed by atoms with Gasteiger partial charge in [0.2, 0.25) is 11.8 Å². The van der Waals surface area contributed by atoms with Crippen molar-refractivity contribution in [2.24, 2.45) is 11.8 Å². The minimum absolute atomic E-state index is 0.0694. The van der Waals surface area contributed by atoms with Crippen molar-refractivity contribution in [1.82, 2.24) is 16.0 Å². The Hall–Kier alpha value is -2.77. The first-order valence-electron chi connectivity index (χ1n) is 10.3. The molecule has 2 atom stereocenters. The fourth-order valence-electron chi connectivity index (χ4n) is 2.80. The third-order valence-corrected chi connectivity index (χ3v) is 4.73. The lowest BCUT2D eigenvalue weighted by atomic mass is 9.98. The average Bonchev–Trinajstić information content (AvgIpc) is 2.70. The third-order valence-electron chi connectivity index (χ3n) is 4.73. The summed E-state index contributed by atoms with van der Waals surface area (Å²) in [5.41, 5.74) is 0.726. The van der Waals surface area contributed by atoms with Crippen LogP contribution < -0.4 is 25.4 Å². The summed E-state index contributed by atoms with van der Waals surface area (Å²) in [6.07, 6.45) is 1.57. The molecule has 0 aromatic heterocycles. The molecular weight excluding hydrogens is 384 g/mol. The largest absolute Gasteiger partial charge is 0.493 e. The van der Waals surface area contributed by atoms with Crippen molar-refractivity contribution in [3.8, 4) is 11.5 Å². The van der Waals surface area contributed by atoms with E-state index >= 15 is 0 Å². The Morgan fingerprint density at radius 2 is 1.77 bits per heavy atom. The van der Waals surface area contributed by atoms with Gasteiger partial charge >= 0.3 is 0 Å². The molecule has 30 heavy (non-hydrogen) atoms. The number of rotatable bonds is 11. The number of carbonyl (C=O) groups excluding carboxylic acids is 2. The van der Waals surface area contributed by atoms with E-state index in [-0.39, 0.29) is 24.2 Å². The second kappa shape index (κ2) is 12.7. The molecule has 0 aliphatic heterocycles. The maximum absolute atomic E-state index is 12.5. The normalized spacial score (nSPS) is 12.6. The van der Waals surface area contributed by atoms with E-state index in [1.807, 2.05) is 13.8 Å². The van der Waals surface area contributed by atoms with Gasteiger partial charge in [0.1, 0.15) is 6.04 Å². The Balaban J connectivity index is 2.70. The first kappa shape index (κ1) is 25.3. The molecule has 8 heteroatoms. The van der Waals surface area contributed by atoms with Crippen LogP contribution >= 0.6 is 0 Å². The van der Waals surface area contributed by atoms with Gasteiger partial charge in [0.05, 0.1) is 20.6 Å². The first-order valence-corrected chi connectivity index (χ1v) is 10.3. The summed E-state index contributed by atoms with van der Waals surface area (Å²) in [5.74, 6) is 1.05. The predicted octanol–water partition coefficient (Wildman–Crippen LogP) is 2.46. The molecule has 168 valence electrons. The SMILES string of the molecule is CCC(C)CC(NC(=N)NC(=O)Cc1ccc(OC)c(OC)c1)C(=O)NCC(C)C. The van der Waals surface area contributed by atoms with Crippen LogP contribution in [-0.4, -0.2) is 44.6 Å². The van der Waals surface area contributed by atoms with E-state index in [0.717, 1.165) is 12.0 Å². The lowest BCUT2D eigenvalue weighted by Gasteiger charge is -2.23. The van der Waals surface area contributed by atoms with E-state index in [9.17, 15) is 9.59 Å². The Morgan fingerprint density at radius 3 is 2.33 bits per heavy atom. The lowest BCUT2D eigenvalue weighted by molar-refractivity contribution is -0.123. The fraction of sp³-hybridized carbons (Fsp3) is 0.591. The van der Waals surface area contributed by atoms with Crippen LogP contribution in [0.5, 0.6) is 11.5 Å². The zero-order chi connectivity index (χ0) is 22.7. The number of amides is 2. The highest BCUT2D eigenvalue weighted by molar-refractivity contribution is 5.98. The molecule has 0 fully saturated rings. The summed E-state index contributed by atoms with van der Waals surface area (Å²) in [4.78, 5) is 24.9. The molecule has 0 saturated heterocycles. The highest BCUT2D eigenvalue weighted by Gasteiger charge is 2.22. The van der Waals surface area contributed by atoms with Crippen LogP contribution in [0, 0.1) is 17.2 Å². The lowest BCUT2D eigenvalue weighted by Crippen LogP contribution is -2.52. The fourth-order valence-corrected chi connectivity index (χ4v) is 2.80. The van der Waals surface area contributed by atoms with Crippen molar-refractivity contribution < 1.29 is 19.1 Å². The van der Waals surface area contributed by atoms with Gasteiger partial charge in [-0.3, -0.25) is 20.3 Å². The minimum Gasteiger partial charge on any atom is -0.493 e. The van der Waals surface area contributed by atoms with Crippen LogP contribution in [0.3, 0.4) is 0 Å². The van der Waals surface area contributed by atoms with E-state index < -0.39 is 6.04 Å². The zero-order valence-corrected chi connectivity index (χ0v) is 18.9. The molecule has 0 heterocycles. The van der Waals surface area contributed by atoms with Gasteiger partial charge in [0, 0.05) is 6.54 Å². The van der Waals surface area contributed by atoms with Crippen molar-refractivity contribution in [2.45, 2.75) is 53.0 Å². The summed E-state index contributed by atoms with van der Waals surface area (Å²) in [6.45, 7) is 8.73. The van der Waals surface area contributed by atoms with Gasteiger partial charge in [0.25, 0.3) is 0 Å². The van der Waals surface area contributed by atoms with Gasteiger partial charge < -0.3 is 20.1 Å². The smallest absolute Gasteiger partial charge is 0.242 e. The quantitative estimate of drug-likeness (QED) is 0.324. The standard InChI is InChI=1S/C22H36N4O4/c1-7-15(4)10-17(21(28)24-13-14(2)3)25-22(23)26-20(27)12-16-8-9-18(29-5)19(11-16)30-6/h8-9,11,14-15,17H,7,10,12-13H2,1-6H3,(H,24,28)(H3,23,25,26,27). The van der Waals surface area contributed by atoms with Crippen molar-refractivity contribution in [3.63, 3.8) is 0 Å². The number of nitrogens with one attached hydrogen (secondary N) is 4. The Kier molecular flexibility index (Phi) is 10.7. The first-order chi connectivity index (χ1) is 14.2. The summed E-state index contributed by atoms with van der Waals surface area (Å²) >= 11 is 0. The number of carbonyl (C=O) groups is 2. The third kappa shape index (κ3) is 8.71. The molecule has 2 unspecified atom stereocenters. The van der Waals surface area contributed by atoms with Crippen molar-refractivity contribution in [3.05, 3.63) is 23.8 Å². The maximum Gasteiger partial charge on any atom is 0.242 e. The molecule has 2 amide bonds. The molecule has 4 N–H and O–H groups in total. The van der Waals surface area contributed by atoms with Crippen LogP contribution in [0.25, 0.3) is 0 Å². The average molecular weight is 421 g/mol. The monoisotopic (exact) mass is 420 g/mol. The molecule has 0 aliphatic carbocycles. The van der Waals surface area contributed by atoms with Crippen LogP contribution in [0.15, 0.2) is 18.2 Å². The Morgan fingerprint density at radius 1 is 1.10 bits per heavy atom. The number of benzene rings is 1. The molecule has 0 spiro atoms. The number of hydrogen-bond donors (Lipinski definition) is 4. The molecule has 0 bridgehead atoms. The van der Waals surface area contributed by atoms with Gasteiger partial charge in [-0.15, -0.1) is 0 Å². The summed E-state index contributed by atoms with van der Waals surface area (Å²) < 4.78 is 10.4. The summed E-state index contributed by atoms with van der Waals surface area (Å²) in [7, 11) is 3.08. The molecular formula is C22H36N4O4. The molecule has 8 nitrogen and oxygen atoms in total. The van der Waals surface area contributed by atoms with Gasteiger partial charge in [-0.1, -0.05) is 40.2 Å². The van der Waals surface area contributed by atoms with Crippen molar-refractivity contribution in [1.29, 1.82) is 5.41 Å². The van der Waals surface area contributed by atoms with E-state index in [1.165, 1.54) is 7.11 Å². The van der Waals surface area contributed by atoms with Gasteiger partial charge in [-0.2, -0.15) is 0 Å². The summed E-state index contributed by atoms with van der Waals surface area (Å²) in [6, 6.07) is 4.64. The molecule has 1 aromatic rings. The van der Waals surface area contributed by atoms with E-state index in [2.05, 4.69) is 29.8 Å². The van der Waals surface area contributed by atoms with Gasteiger partial charge in [-0.05, 0) is 36.0 Å². The van der Waals surface area contributed by atoms with Crippen LogP contribution in [-0.2, 0) is 16.0 Å². The number of ether oxygens (including phenoxy) is 2.